The van der Waals surface area contributed by atoms with Gasteiger partial charge in [-0.25, -0.2) is 0 Å². The van der Waals surface area contributed by atoms with Crippen LogP contribution in [0.1, 0.15) is 167 Å². The van der Waals surface area contributed by atoms with Gasteiger partial charge in [-0.05, 0) is 18.3 Å². The maximum atomic E-state index is 12.7. The second-order valence-corrected chi connectivity index (χ2v) is 22.1. The average Bonchev–Trinajstić information content (AvgIpc) is 3.21. The van der Waals surface area contributed by atoms with Crippen molar-refractivity contribution in [2.45, 2.75) is 168 Å². The van der Waals surface area contributed by atoms with Gasteiger partial charge in [0.25, 0.3) is 0 Å². The molecule has 0 amide bonds. The van der Waals surface area contributed by atoms with E-state index in [-0.39, 0.29) is 11.9 Å². The topological polar surface area (TPSA) is 96.3 Å². The van der Waals surface area contributed by atoms with Gasteiger partial charge in [0, 0.05) is 54.6 Å². The zero-order valence-corrected chi connectivity index (χ0v) is 41.2. The van der Waals surface area contributed by atoms with E-state index in [1.165, 1.54) is 128 Å². The van der Waals surface area contributed by atoms with Crippen LogP contribution in [0, 0.1) is 0 Å². The highest BCUT2D eigenvalue weighted by atomic mass is 33.1. The number of rotatable bonds is 43. The minimum absolute atomic E-state index is 0.183. The summed E-state index contributed by atoms with van der Waals surface area (Å²) in [6.07, 6.45) is 28.6. The zero-order valence-electron chi connectivity index (χ0n) is 38.0. The molecule has 2 N–H and O–H groups in total. The van der Waals surface area contributed by atoms with Gasteiger partial charge in [0.05, 0.1) is 33.5 Å². The van der Waals surface area contributed by atoms with Crippen LogP contribution in [0.4, 0.5) is 0 Å². The van der Waals surface area contributed by atoms with Gasteiger partial charge in [-0.2, -0.15) is 0 Å². The lowest BCUT2D eigenvalue weighted by molar-refractivity contribution is -0.903. The summed E-state index contributed by atoms with van der Waals surface area (Å²) >= 11 is 0. The van der Waals surface area contributed by atoms with Crippen molar-refractivity contribution in [3.05, 3.63) is 29.8 Å². The van der Waals surface area contributed by atoms with Crippen molar-refractivity contribution in [2.24, 2.45) is 0 Å². The minimum atomic E-state index is -1.46. The molecule has 0 saturated heterocycles. The van der Waals surface area contributed by atoms with Crippen LogP contribution in [0.2, 0.25) is 0 Å². The van der Waals surface area contributed by atoms with E-state index in [9.17, 15) is 19.6 Å². The zero-order chi connectivity index (χ0) is 43.1. The van der Waals surface area contributed by atoms with E-state index in [4.69, 9.17) is 9.47 Å². The first-order valence-corrected chi connectivity index (χ1v) is 28.4. The minimum Gasteiger partial charge on any atom is -0.465 e. The van der Waals surface area contributed by atoms with Crippen molar-refractivity contribution in [3.63, 3.8) is 0 Å². The largest absolute Gasteiger partial charge is 0.488 e. The van der Waals surface area contributed by atoms with Crippen molar-refractivity contribution in [3.8, 4) is 0 Å². The van der Waals surface area contributed by atoms with E-state index in [0.29, 0.717) is 44.6 Å². The molecule has 0 saturated carbocycles. The van der Waals surface area contributed by atoms with Crippen LogP contribution in [0.3, 0.4) is 0 Å². The van der Waals surface area contributed by atoms with Gasteiger partial charge in [0.15, 0.2) is 0 Å². The molecule has 59 heavy (non-hydrogen) atoms. The molecule has 0 unspecified atom stereocenters. The lowest BCUT2D eigenvalue weighted by Gasteiger charge is -2.31. The van der Waals surface area contributed by atoms with E-state index >= 15 is 0 Å². The normalized spacial score (nSPS) is 11.7. The van der Waals surface area contributed by atoms with Crippen molar-refractivity contribution in [1.82, 2.24) is 4.90 Å². The van der Waals surface area contributed by atoms with Crippen LogP contribution in [-0.4, -0.2) is 115 Å². The highest BCUT2D eigenvalue weighted by molar-refractivity contribution is 8.77. The van der Waals surface area contributed by atoms with Crippen LogP contribution in [0.25, 0.3) is 0 Å². The molecule has 13 heteroatoms. The SMILES string of the molecule is CCCCCCCCCCCCSSCCOC(=O)CCN(CCC[N+](C)(C)Cc1ccc(B(O)O)cc1)CCC(=O)OCCSSCCCCCCCCCCCC. The first-order valence-electron chi connectivity index (χ1n) is 23.5. The second-order valence-electron chi connectivity index (χ2n) is 16.7. The molecule has 1 rings (SSSR count). The third-order valence-electron chi connectivity index (χ3n) is 10.6. The molecule has 0 radical (unpaired) electrons. The predicted molar refractivity (Wildman–Crippen MR) is 263 cm³/mol. The van der Waals surface area contributed by atoms with Crippen molar-refractivity contribution in [1.29, 1.82) is 0 Å². The summed E-state index contributed by atoms with van der Waals surface area (Å²) in [7, 11) is 10.3. The molecule has 0 heterocycles. The van der Waals surface area contributed by atoms with Crippen LogP contribution in [-0.2, 0) is 25.6 Å². The number of unbranched alkanes of at least 4 members (excludes halogenated alkanes) is 18. The van der Waals surface area contributed by atoms with Crippen LogP contribution >= 0.6 is 43.2 Å². The Morgan fingerprint density at radius 2 is 0.949 bits per heavy atom. The molecule has 0 fully saturated rings. The van der Waals surface area contributed by atoms with Gasteiger partial charge in [0.1, 0.15) is 19.8 Å². The van der Waals surface area contributed by atoms with Gasteiger partial charge < -0.3 is 28.9 Å². The van der Waals surface area contributed by atoms with Gasteiger partial charge in [-0.1, -0.05) is 197 Å². The molecule has 1 aromatic rings. The van der Waals surface area contributed by atoms with E-state index in [1.54, 1.807) is 33.7 Å². The van der Waals surface area contributed by atoms with Gasteiger partial charge in [-0.15, -0.1) is 0 Å². The Balaban J connectivity index is 2.33. The molecule has 1 aromatic carbocycles. The summed E-state index contributed by atoms with van der Waals surface area (Å²) in [5, 5.41) is 18.9. The highest BCUT2D eigenvalue weighted by Crippen LogP contribution is 2.24. The van der Waals surface area contributed by atoms with E-state index in [0.717, 1.165) is 59.1 Å². The van der Waals surface area contributed by atoms with Gasteiger partial charge in [-0.3, -0.25) is 9.59 Å². The van der Waals surface area contributed by atoms with Crippen LogP contribution in [0.15, 0.2) is 24.3 Å². The van der Waals surface area contributed by atoms with Crippen molar-refractivity contribution in [2.75, 3.05) is 76.5 Å². The summed E-state index contributed by atoms with van der Waals surface area (Å²) < 4.78 is 11.9. The Morgan fingerprint density at radius 3 is 1.36 bits per heavy atom. The molecule has 0 bridgehead atoms. The molecule has 0 aliphatic rings. The number of hydrogen-bond donors (Lipinski definition) is 2. The molecule has 0 spiro atoms. The first-order chi connectivity index (χ1) is 28.7. The first kappa shape index (κ1) is 56.5. The molecule has 0 aliphatic carbocycles. The fourth-order valence-corrected chi connectivity index (χ4v) is 10.9. The molecular formula is C46H86BN2O6S4+. The standard InChI is InChI=1S/C46H86BN2O6S4/c1-5-7-9-11-13-15-17-19-21-23-38-56-58-40-36-54-45(50)30-33-48(32-25-35-49(3,4)42-43-26-28-44(29-27-43)47(52)53)34-31-46(51)55-37-41-59-57-39-24-22-20-18-16-14-12-10-8-6-2/h26-29,52-53H,5-25,30-42H2,1-4H3/q+1. The van der Waals surface area contributed by atoms with Gasteiger partial charge >= 0.3 is 19.1 Å². The van der Waals surface area contributed by atoms with E-state index in [2.05, 4.69) is 32.8 Å². The fraction of sp³-hybridized carbons (Fsp3) is 0.826. The maximum Gasteiger partial charge on any atom is 0.488 e. The monoisotopic (exact) mass is 902 g/mol. The quantitative estimate of drug-likeness (QED) is 0.0216. The van der Waals surface area contributed by atoms with Crippen molar-refractivity contribution >= 4 is 67.7 Å². The molecular weight excluding hydrogens is 816 g/mol. The average molecular weight is 902 g/mol. The number of ether oxygens (including phenoxy) is 2. The summed E-state index contributed by atoms with van der Waals surface area (Å²) in [5.41, 5.74) is 1.62. The molecule has 0 atom stereocenters. The summed E-state index contributed by atoms with van der Waals surface area (Å²) in [6.45, 7) is 9.00. The van der Waals surface area contributed by atoms with Gasteiger partial charge in [0.2, 0.25) is 0 Å². The maximum absolute atomic E-state index is 12.7. The Kier molecular flexibility index (Phi) is 38.5. The number of quaternary nitrogens is 1. The van der Waals surface area contributed by atoms with Crippen molar-refractivity contribution < 1.29 is 33.6 Å². The predicted octanol–water partition coefficient (Wildman–Crippen LogP) is 11.1. The Bertz CT molecular complexity index is 1070. The Labute approximate surface area is 378 Å². The lowest BCUT2D eigenvalue weighted by Crippen LogP contribution is -2.41. The van der Waals surface area contributed by atoms with Crippen LogP contribution < -0.4 is 5.46 Å². The van der Waals surface area contributed by atoms with E-state index in [1.807, 2.05) is 33.7 Å². The molecule has 0 aliphatic heterocycles. The second kappa shape index (κ2) is 40.3. The third kappa shape index (κ3) is 36.6. The van der Waals surface area contributed by atoms with E-state index < -0.39 is 7.12 Å². The molecule has 8 nitrogen and oxygen atoms in total. The number of benzene rings is 1. The number of carbonyl (C=O) groups is 2. The molecule has 342 valence electrons. The number of nitrogens with zero attached hydrogens (tertiary/aromatic N) is 2. The third-order valence-corrected chi connectivity index (χ3v) is 15.5. The Hall–Kier alpha value is -0.535. The fourth-order valence-electron chi connectivity index (χ4n) is 6.98. The summed E-state index contributed by atoms with van der Waals surface area (Å²) in [4.78, 5) is 27.6. The lowest BCUT2D eigenvalue weighted by atomic mass is 9.80. The number of hydrogen-bond acceptors (Lipinski definition) is 11. The number of esters is 2. The molecule has 0 aromatic heterocycles. The Morgan fingerprint density at radius 1 is 0.559 bits per heavy atom. The summed E-state index contributed by atoms with van der Waals surface area (Å²) in [6, 6.07) is 7.41. The van der Waals surface area contributed by atoms with Crippen LogP contribution in [0.5, 0.6) is 0 Å². The summed E-state index contributed by atoms with van der Waals surface area (Å²) in [5.74, 6) is 3.54. The number of carbonyl (C=O) groups excluding carboxylic acids is 2. The highest BCUT2D eigenvalue weighted by Gasteiger charge is 2.19. The smallest absolute Gasteiger partial charge is 0.465 e.